The molecule has 0 saturated carbocycles. The maximum atomic E-state index is 13.0. The molecule has 0 aromatic heterocycles. The van der Waals surface area contributed by atoms with E-state index in [0.717, 1.165) is 29.8 Å². The zero-order valence-corrected chi connectivity index (χ0v) is 16.4. The maximum absolute atomic E-state index is 13.0. The second kappa shape index (κ2) is 10.2. The van der Waals surface area contributed by atoms with Crippen molar-refractivity contribution >= 4 is 16.0 Å². The van der Waals surface area contributed by atoms with E-state index in [4.69, 9.17) is 13.7 Å². The van der Waals surface area contributed by atoms with Crippen molar-refractivity contribution in [1.29, 1.82) is 0 Å². The Labute approximate surface area is 163 Å². The summed E-state index contributed by atoms with van der Waals surface area (Å²) in [5.41, 5.74) is 0.784. The van der Waals surface area contributed by atoms with Gasteiger partial charge in [-0.05, 0) is 42.0 Å². The van der Waals surface area contributed by atoms with Gasteiger partial charge in [0.15, 0.2) is 0 Å². The fourth-order valence-electron chi connectivity index (χ4n) is 2.36. The summed E-state index contributed by atoms with van der Waals surface area (Å²) in [5, 5.41) is 0. The average Bonchev–Trinajstić information content (AvgIpc) is 2.66. The summed E-state index contributed by atoms with van der Waals surface area (Å²) < 4.78 is 52.4. The van der Waals surface area contributed by atoms with Gasteiger partial charge in [-0.2, -0.15) is 8.42 Å². The molecule has 0 N–H and O–H groups in total. The smallest absolute Gasteiger partial charge is 0.339 e. The Kier molecular flexibility index (Phi) is 7.91. The topological polar surface area (TPSA) is 82.1 Å². The summed E-state index contributed by atoms with van der Waals surface area (Å²) in [6, 6.07) is 10.7. The number of nitrogens with zero attached hydrogens (tertiary/aromatic N) is 1. The average molecular weight is 411 g/mol. The number of hydrogen-bond acceptors (Lipinski definition) is 6. The van der Waals surface area contributed by atoms with E-state index in [0.29, 0.717) is 19.7 Å². The molecule has 0 unspecified atom stereocenters. The molecule has 0 saturated heterocycles. The fraction of sp³-hybridized carbons (Fsp3) is 0.316. The highest BCUT2D eigenvalue weighted by Crippen LogP contribution is 2.20. The normalized spacial score (nSPS) is 11.2. The van der Waals surface area contributed by atoms with Crippen molar-refractivity contribution in [2.24, 2.45) is 0 Å². The SMILES string of the molecule is COCCN(Cc1ccc(OS(=O)(=O)c2ccc(F)cc2)cc1)C(=O)COC. The van der Waals surface area contributed by atoms with E-state index in [9.17, 15) is 17.6 Å². The number of ether oxygens (including phenoxy) is 2. The Morgan fingerprint density at radius 3 is 2.21 bits per heavy atom. The Hall–Kier alpha value is -2.49. The van der Waals surface area contributed by atoms with Gasteiger partial charge in [-0.1, -0.05) is 12.1 Å². The zero-order valence-electron chi connectivity index (χ0n) is 15.6. The first-order valence-corrected chi connectivity index (χ1v) is 9.81. The van der Waals surface area contributed by atoms with Gasteiger partial charge in [0, 0.05) is 27.3 Å². The molecule has 152 valence electrons. The van der Waals surface area contributed by atoms with E-state index in [1.807, 2.05) is 0 Å². The first-order valence-electron chi connectivity index (χ1n) is 8.40. The highest BCUT2D eigenvalue weighted by Gasteiger charge is 2.17. The van der Waals surface area contributed by atoms with Crippen molar-refractivity contribution in [3.05, 3.63) is 59.9 Å². The Morgan fingerprint density at radius 1 is 1.00 bits per heavy atom. The van der Waals surface area contributed by atoms with Gasteiger partial charge in [-0.25, -0.2) is 4.39 Å². The molecule has 0 radical (unpaired) electrons. The van der Waals surface area contributed by atoms with Gasteiger partial charge in [0.05, 0.1) is 6.61 Å². The number of halogens is 1. The lowest BCUT2D eigenvalue weighted by Gasteiger charge is -2.22. The van der Waals surface area contributed by atoms with Crippen LogP contribution in [0.5, 0.6) is 5.75 Å². The second-order valence-electron chi connectivity index (χ2n) is 5.88. The fourth-order valence-corrected chi connectivity index (χ4v) is 3.29. The van der Waals surface area contributed by atoms with Crippen LogP contribution in [0.4, 0.5) is 4.39 Å². The molecule has 0 aliphatic rings. The number of methoxy groups -OCH3 is 2. The van der Waals surface area contributed by atoms with E-state index in [-0.39, 0.29) is 23.2 Å². The number of amides is 1. The minimum Gasteiger partial charge on any atom is -0.383 e. The van der Waals surface area contributed by atoms with Gasteiger partial charge in [0.1, 0.15) is 23.1 Å². The van der Waals surface area contributed by atoms with E-state index < -0.39 is 15.9 Å². The molecule has 28 heavy (non-hydrogen) atoms. The van der Waals surface area contributed by atoms with Crippen LogP contribution in [0.25, 0.3) is 0 Å². The molecule has 9 heteroatoms. The summed E-state index contributed by atoms with van der Waals surface area (Å²) in [6.07, 6.45) is 0. The molecule has 0 aliphatic heterocycles. The first-order chi connectivity index (χ1) is 13.4. The number of carbonyl (C=O) groups excluding carboxylic acids is 1. The van der Waals surface area contributed by atoms with Gasteiger partial charge in [0.2, 0.25) is 5.91 Å². The van der Waals surface area contributed by atoms with Crippen LogP contribution >= 0.6 is 0 Å². The Morgan fingerprint density at radius 2 is 1.64 bits per heavy atom. The third kappa shape index (κ3) is 6.29. The largest absolute Gasteiger partial charge is 0.383 e. The number of benzene rings is 2. The summed E-state index contributed by atoms with van der Waals surface area (Å²) in [4.78, 5) is 13.5. The third-order valence-corrected chi connectivity index (χ3v) is 5.05. The molecule has 0 bridgehead atoms. The van der Waals surface area contributed by atoms with E-state index in [1.165, 1.54) is 19.2 Å². The minimum atomic E-state index is -4.06. The third-order valence-electron chi connectivity index (χ3n) is 3.79. The number of rotatable bonds is 10. The maximum Gasteiger partial charge on any atom is 0.339 e. The van der Waals surface area contributed by atoms with Crippen LogP contribution in [0.15, 0.2) is 53.4 Å². The van der Waals surface area contributed by atoms with Crippen molar-refractivity contribution in [1.82, 2.24) is 4.90 Å². The monoisotopic (exact) mass is 411 g/mol. The van der Waals surface area contributed by atoms with E-state index in [1.54, 1.807) is 24.1 Å². The molecule has 0 aliphatic carbocycles. The quantitative estimate of drug-likeness (QED) is 0.558. The van der Waals surface area contributed by atoms with Gasteiger partial charge in [-0.3, -0.25) is 4.79 Å². The summed E-state index contributed by atoms with van der Waals surface area (Å²) in [6.45, 7) is 1.06. The molecule has 0 spiro atoms. The van der Waals surface area contributed by atoms with Gasteiger partial charge < -0.3 is 18.6 Å². The van der Waals surface area contributed by atoms with Crippen molar-refractivity contribution in [3.8, 4) is 5.75 Å². The Balaban J connectivity index is 2.07. The van der Waals surface area contributed by atoms with Crippen LogP contribution in [0.1, 0.15) is 5.56 Å². The highest BCUT2D eigenvalue weighted by atomic mass is 32.2. The van der Waals surface area contributed by atoms with Crippen molar-refractivity contribution in [3.63, 3.8) is 0 Å². The predicted molar refractivity (Wildman–Crippen MR) is 99.8 cm³/mol. The standard InChI is InChI=1S/C19H22FNO6S/c1-25-12-11-21(19(22)14-26-2)13-15-3-7-17(8-4-15)27-28(23,24)18-9-5-16(20)6-10-18/h3-10H,11-14H2,1-2H3. The van der Waals surface area contributed by atoms with Gasteiger partial charge in [-0.15, -0.1) is 0 Å². The summed E-state index contributed by atoms with van der Waals surface area (Å²) in [7, 11) is -1.07. The first kappa shape index (κ1) is 21.8. The molecule has 2 aromatic rings. The van der Waals surface area contributed by atoms with Gasteiger partial charge in [0.25, 0.3) is 0 Å². The van der Waals surface area contributed by atoms with Crippen LogP contribution in [0.2, 0.25) is 0 Å². The lowest BCUT2D eigenvalue weighted by Crippen LogP contribution is -2.35. The highest BCUT2D eigenvalue weighted by molar-refractivity contribution is 7.87. The molecule has 7 nitrogen and oxygen atoms in total. The van der Waals surface area contributed by atoms with Gasteiger partial charge >= 0.3 is 10.1 Å². The minimum absolute atomic E-state index is 0.0409. The summed E-state index contributed by atoms with van der Waals surface area (Å²) >= 11 is 0. The zero-order chi connectivity index (χ0) is 20.6. The van der Waals surface area contributed by atoms with Crippen LogP contribution in [0, 0.1) is 5.82 Å². The summed E-state index contributed by atoms with van der Waals surface area (Å²) in [5.74, 6) is -0.608. The second-order valence-corrected chi connectivity index (χ2v) is 7.42. The lowest BCUT2D eigenvalue weighted by molar-refractivity contribution is -0.136. The molecule has 0 heterocycles. The molecule has 2 aromatic carbocycles. The number of carbonyl (C=O) groups is 1. The molecular formula is C19H22FNO6S. The lowest BCUT2D eigenvalue weighted by atomic mass is 10.2. The van der Waals surface area contributed by atoms with Crippen molar-refractivity contribution < 1.29 is 31.3 Å². The molecule has 0 atom stereocenters. The van der Waals surface area contributed by atoms with Crippen LogP contribution in [0.3, 0.4) is 0 Å². The number of hydrogen-bond donors (Lipinski definition) is 0. The van der Waals surface area contributed by atoms with Crippen LogP contribution < -0.4 is 4.18 Å². The Bertz CT molecular complexity index is 868. The molecule has 1 amide bonds. The predicted octanol–water partition coefficient (Wildman–Crippen LogP) is 2.21. The van der Waals surface area contributed by atoms with Crippen molar-refractivity contribution in [2.75, 3.05) is 34.0 Å². The molecule has 0 fully saturated rings. The van der Waals surface area contributed by atoms with Crippen LogP contribution in [-0.4, -0.2) is 53.2 Å². The molecular weight excluding hydrogens is 389 g/mol. The van der Waals surface area contributed by atoms with Crippen LogP contribution in [-0.2, 0) is 30.9 Å². The van der Waals surface area contributed by atoms with E-state index in [2.05, 4.69) is 0 Å². The van der Waals surface area contributed by atoms with E-state index >= 15 is 0 Å². The molecule has 2 rings (SSSR count). The van der Waals surface area contributed by atoms with Crippen molar-refractivity contribution in [2.45, 2.75) is 11.4 Å².